The van der Waals surface area contributed by atoms with Gasteiger partial charge in [0.05, 0.1) is 12.0 Å². The van der Waals surface area contributed by atoms with Crippen molar-refractivity contribution in [3.05, 3.63) is 23.9 Å². The third kappa shape index (κ3) is 5.62. The van der Waals surface area contributed by atoms with Gasteiger partial charge >= 0.3 is 12.1 Å². The number of carboxylic acids is 1. The third-order valence-corrected chi connectivity index (χ3v) is 8.54. The number of carbonyl (C=O) groups is 4. The molecule has 3 heterocycles. The van der Waals surface area contributed by atoms with Gasteiger partial charge in [-0.2, -0.15) is 0 Å². The summed E-state index contributed by atoms with van der Waals surface area (Å²) in [5.41, 5.74) is 0.417. The minimum atomic E-state index is -1.31. The molecule has 5 atom stereocenters. The van der Waals surface area contributed by atoms with Crippen LogP contribution in [0, 0.1) is 23.2 Å². The SMILES string of the molecule is C=CCOC(=O)N1CC(C2=C(C(=O)O)N3C(=O)[C@@H]([C@@H](CO[SiH](C)C)C(C)(C)C)[C@H]3C2)C[C@H]1C(=O)N(C)C. The largest absolute Gasteiger partial charge is 0.477 e. The quantitative estimate of drug-likeness (QED) is 0.274. The normalized spacial score (nSPS) is 26.2. The van der Waals surface area contributed by atoms with Gasteiger partial charge in [-0.15, -0.1) is 0 Å². The van der Waals surface area contributed by atoms with E-state index in [9.17, 15) is 24.3 Å². The fourth-order valence-corrected chi connectivity index (χ4v) is 6.39. The maximum absolute atomic E-state index is 13.4. The van der Waals surface area contributed by atoms with E-state index < -0.39 is 27.1 Å². The fourth-order valence-electron chi connectivity index (χ4n) is 5.80. The maximum atomic E-state index is 13.4. The van der Waals surface area contributed by atoms with Gasteiger partial charge in [0.25, 0.3) is 0 Å². The number of amides is 3. The minimum Gasteiger partial charge on any atom is -0.477 e. The third-order valence-electron chi connectivity index (χ3n) is 7.68. The van der Waals surface area contributed by atoms with Crippen LogP contribution in [0.15, 0.2) is 23.9 Å². The Balaban J connectivity index is 1.90. The molecule has 1 N–H and O–H groups in total. The van der Waals surface area contributed by atoms with Gasteiger partial charge < -0.3 is 24.1 Å². The number of likely N-dealkylation sites (tertiary alicyclic amines) is 1. The molecule has 2 fully saturated rings. The van der Waals surface area contributed by atoms with E-state index in [2.05, 4.69) is 40.4 Å². The lowest BCUT2D eigenvalue weighted by Crippen LogP contribution is -2.63. The summed E-state index contributed by atoms with van der Waals surface area (Å²) in [6.07, 6.45) is 1.49. The van der Waals surface area contributed by atoms with E-state index in [0.717, 1.165) is 0 Å². The predicted molar refractivity (Wildman–Crippen MR) is 140 cm³/mol. The number of likely N-dealkylation sites (N-methyl/N-ethyl adjacent to an activating group) is 1. The highest BCUT2D eigenvalue weighted by atomic mass is 28.3. The second-order valence-electron chi connectivity index (χ2n) is 11.7. The average molecular weight is 536 g/mol. The molecule has 0 aromatic heterocycles. The van der Waals surface area contributed by atoms with Crippen LogP contribution in [-0.4, -0.2) is 98.7 Å². The van der Waals surface area contributed by atoms with Crippen LogP contribution in [0.4, 0.5) is 4.79 Å². The summed E-state index contributed by atoms with van der Waals surface area (Å²) < 4.78 is 11.3. The van der Waals surface area contributed by atoms with Crippen molar-refractivity contribution in [2.75, 3.05) is 33.9 Å². The van der Waals surface area contributed by atoms with Gasteiger partial charge in [-0.25, -0.2) is 9.59 Å². The van der Waals surface area contributed by atoms with Crippen LogP contribution in [0.1, 0.15) is 33.6 Å². The van der Waals surface area contributed by atoms with Crippen molar-refractivity contribution in [1.29, 1.82) is 0 Å². The van der Waals surface area contributed by atoms with E-state index in [0.29, 0.717) is 18.6 Å². The van der Waals surface area contributed by atoms with E-state index >= 15 is 0 Å². The lowest BCUT2D eigenvalue weighted by molar-refractivity contribution is -0.162. The Kier molecular flexibility index (Phi) is 8.58. The first-order chi connectivity index (χ1) is 17.2. The van der Waals surface area contributed by atoms with Gasteiger partial charge in [0.1, 0.15) is 18.3 Å². The molecule has 0 aromatic rings. The molecule has 3 rings (SSSR count). The number of β-lactam (4-membered cyclic amide) rings is 1. The van der Waals surface area contributed by atoms with Crippen molar-refractivity contribution < 1.29 is 33.4 Å². The Labute approximate surface area is 221 Å². The first-order valence-electron chi connectivity index (χ1n) is 12.9. The lowest BCUT2D eigenvalue weighted by Gasteiger charge is -2.50. The molecule has 1 unspecified atom stereocenters. The van der Waals surface area contributed by atoms with Crippen molar-refractivity contribution in [2.24, 2.45) is 23.2 Å². The molecular weight excluding hydrogens is 494 g/mol. The Morgan fingerprint density at radius 1 is 1.27 bits per heavy atom. The van der Waals surface area contributed by atoms with Gasteiger partial charge in [-0.3, -0.25) is 14.5 Å². The molecule has 0 spiro atoms. The zero-order valence-electron chi connectivity index (χ0n) is 23.0. The molecule has 0 aromatic carbocycles. The molecule has 3 amide bonds. The van der Waals surface area contributed by atoms with Crippen molar-refractivity contribution >= 4 is 32.9 Å². The average Bonchev–Trinajstić information content (AvgIpc) is 3.38. The Hall–Kier alpha value is -2.66. The van der Waals surface area contributed by atoms with Crippen molar-refractivity contribution in [1.82, 2.24) is 14.7 Å². The lowest BCUT2D eigenvalue weighted by atomic mass is 9.66. The number of aliphatic carboxylic acids is 1. The summed E-state index contributed by atoms with van der Waals surface area (Å²) in [7, 11) is 1.92. The van der Waals surface area contributed by atoms with E-state index in [1.54, 1.807) is 14.1 Å². The number of carboxylic acid groups (broad SMARTS) is 1. The smallest absolute Gasteiger partial charge is 0.410 e. The highest BCUT2D eigenvalue weighted by Gasteiger charge is 2.60. The van der Waals surface area contributed by atoms with Crippen LogP contribution in [-0.2, 0) is 23.5 Å². The number of carbonyl (C=O) groups excluding carboxylic acids is 3. The fraction of sp³-hybridized carbons (Fsp3) is 0.692. The summed E-state index contributed by atoms with van der Waals surface area (Å²) in [6, 6.07) is -1.04. The highest BCUT2D eigenvalue weighted by molar-refractivity contribution is 6.48. The van der Waals surface area contributed by atoms with E-state index in [-0.39, 0.29) is 66.3 Å². The Morgan fingerprint density at radius 2 is 1.92 bits per heavy atom. The molecule has 11 heteroatoms. The standard InChI is InChI=1S/C26H41N3O7Si/c1-9-10-35-25(34)28-13-15(11-19(28)22(30)27(5)6)16-12-18-20(23(31)29(18)21(16)24(32)33)17(26(2,3)4)14-36-37(7)8/h9,15,17-20,37H,1,10-14H2,2-8H3,(H,32,33)/t15?,17-,18-,19+,20+/m1/s1. The summed E-state index contributed by atoms with van der Waals surface area (Å²) >= 11 is 0. The van der Waals surface area contributed by atoms with Crippen molar-refractivity contribution in [2.45, 2.75) is 58.8 Å². The van der Waals surface area contributed by atoms with Crippen LogP contribution in [0.25, 0.3) is 0 Å². The number of rotatable bonds is 9. The number of hydrogen-bond acceptors (Lipinski definition) is 6. The molecule has 3 aliphatic heterocycles. The van der Waals surface area contributed by atoms with E-state index in [1.807, 2.05) is 0 Å². The van der Waals surface area contributed by atoms with Gasteiger partial charge in [-0.05, 0) is 42.8 Å². The predicted octanol–water partition coefficient (Wildman–Crippen LogP) is 2.32. The molecule has 0 aliphatic carbocycles. The molecule has 0 bridgehead atoms. The monoisotopic (exact) mass is 535 g/mol. The van der Waals surface area contributed by atoms with E-state index in [4.69, 9.17) is 9.16 Å². The maximum Gasteiger partial charge on any atom is 0.410 e. The highest BCUT2D eigenvalue weighted by Crippen LogP contribution is 2.52. The Bertz CT molecular complexity index is 987. The molecule has 10 nitrogen and oxygen atoms in total. The molecule has 0 radical (unpaired) electrons. The van der Waals surface area contributed by atoms with Crippen LogP contribution in [0.2, 0.25) is 13.1 Å². The van der Waals surface area contributed by atoms with Crippen LogP contribution < -0.4 is 0 Å². The van der Waals surface area contributed by atoms with Gasteiger partial charge in [0.15, 0.2) is 9.04 Å². The van der Waals surface area contributed by atoms with Crippen LogP contribution in [0.3, 0.4) is 0 Å². The molecular formula is C26H41N3O7Si. The zero-order chi connectivity index (χ0) is 27.8. The molecule has 0 saturated carbocycles. The number of nitrogens with zero attached hydrogens (tertiary/aromatic N) is 3. The van der Waals surface area contributed by atoms with Crippen molar-refractivity contribution in [3.63, 3.8) is 0 Å². The van der Waals surface area contributed by atoms with Gasteiger partial charge in [0, 0.05) is 33.2 Å². The van der Waals surface area contributed by atoms with Gasteiger partial charge in [-0.1, -0.05) is 33.4 Å². The van der Waals surface area contributed by atoms with Crippen LogP contribution in [0.5, 0.6) is 0 Å². The second kappa shape index (κ2) is 11.0. The summed E-state index contributed by atoms with van der Waals surface area (Å²) in [5.74, 6) is -2.37. The molecule has 2 saturated heterocycles. The minimum absolute atomic E-state index is 0.000392. The summed E-state index contributed by atoms with van der Waals surface area (Å²) in [6.45, 7) is 14.6. The van der Waals surface area contributed by atoms with E-state index in [1.165, 1.54) is 20.8 Å². The first-order valence-corrected chi connectivity index (χ1v) is 15.6. The number of hydrogen-bond donors (Lipinski definition) is 1. The zero-order valence-corrected chi connectivity index (χ0v) is 24.2. The molecule has 206 valence electrons. The first kappa shape index (κ1) is 28.9. The number of ether oxygens (including phenoxy) is 1. The van der Waals surface area contributed by atoms with Crippen LogP contribution >= 0.6 is 0 Å². The summed E-state index contributed by atoms with van der Waals surface area (Å²) in [4.78, 5) is 55.8. The van der Waals surface area contributed by atoms with Crippen molar-refractivity contribution in [3.8, 4) is 0 Å². The number of fused-ring (bicyclic) bond motifs is 1. The Morgan fingerprint density at radius 3 is 2.43 bits per heavy atom. The summed E-state index contributed by atoms with van der Waals surface area (Å²) in [5, 5.41) is 10.1. The van der Waals surface area contributed by atoms with Gasteiger partial charge in [0.2, 0.25) is 11.8 Å². The molecule has 37 heavy (non-hydrogen) atoms. The molecule has 3 aliphatic rings. The second-order valence-corrected chi connectivity index (χ2v) is 14.2. The topological polar surface area (TPSA) is 117 Å².